The van der Waals surface area contributed by atoms with Crippen LogP contribution in [-0.4, -0.2) is 32.4 Å². The number of nitrogens with one attached hydrogen (secondary N) is 2. The van der Waals surface area contributed by atoms with Crippen molar-refractivity contribution >= 4 is 16.8 Å². The summed E-state index contributed by atoms with van der Waals surface area (Å²) >= 11 is 0. The average Bonchev–Trinajstić information content (AvgIpc) is 3.13. The minimum Gasteiger partial charge on any atom is -0.361 e. The van der Waals surface area contributed by atoms with Crippen LogP contribution in [0.1, 0.15) is 21.5 Å². The molecule has 2 N–H and O–H groups in total. The Morgan fingerprint density at radius 3 is 2.74 bits per heavy atom. The molecular weight excluding hydrogens is 338 g/mol. The van der Waals surface area contributed by atoms with Crippen molar-refractivity contribution in [3.63, 3.8) is 0 Å². The fourth-order valence-electron chi connectivity index (χ4n) is 3.07. The molecule has 134 valence electrons. The second kappa shape index (κ2) is 7.37. The number of aromatic amines is 1. The third kappa shape index (κ3) is 3.55. The van der Waals surface area contributed by atoms with Crippen LogP contribution in [-0.2, 0) is 6.42 Å². The molecule has 0 aliphatic carbocycles. The predicted octanol–water partition coefficient (Wildman–Crippen LogP) is 3.30. The van der Waals surface area contributed by atoms with E-state index in [4.69, 9.17) is 0 Å². The number of benzene rings is 1. The Bertz CT molecular complexity index is 1070. The summed E-state index contributed by atoms with van der Waals surface area (Å²) in [5, 5.41) is 4.13. The number of hydrogen-bond donors (Lipinski definition) is 2. The first-order chi connectivity index (χ1) is 13.2. The van der Waals surface area contributed by atoms with Gasteiger partial charge in [-0.1, -0.05) is 18.2 Å². The first kappa shape index (κ1) is 16.9. The van der Waals surface area contributed by atoms with E-state index in [1.54, 1.807) is 24.8 Å². The SMILES string of the molecule is Cc1cccc2c(CCNC(=O)c3cnc(-c4cccnc4)nc3)c[nH]c12. The summed E-state index contributed by atoms with van der Waals surface area (Å²) in [7, 11) is 0. The van der Waals surface area contributed by atoms with Gasteiger partial charge in [0, 0.05) is 54.0 Å². The van der Waals surface area contributed by atoms with Crippen molar-refractivity contribution in [2.24, 2.45) is 0 Å². The van der Waals surface area contributed by atoms with E-state index in [2.05, 4.69) is 50.4 Å². The molecule has 0 saturated carbocycles. The Morgan fingerprint density at radius 2 is 1.96 bits per heavy atom. The van der Waals surface area contributed by atoms with E-state index in [1.165, 1.54) is 16.5 Å². The van der Waals surface area contributed by atoms with Gasteiger partial charge in [0.15, 0.2) is 5.82 Å². The molecule has 6 heteroatoms. The normalized spacial score (nSPS) is 10.9. The van der Waals surface area contributed by atoms with Crippen LogP contribution < -0.4 is 5.32 Å². The van der Waals surface area contributed by atoms with E-state index in [0.29, 0.717) is 17.9 Å². The van der Waals surface area contributed by atoms with Gasteiger partial charge in [-0.3, -0.25) is 9.78 Å². The molecule has 0 aliphatic rings. The predicted molar refractivity (Wildman–Crippen MR) is 104 cm³/mol. The topological polar surface area (TPSA) is 83.6 Å². The molecule has 4 rings (SSSR count). The number of rotatable bonds is 5. The zero-order valence-corrected chi connectivity index (χ0v) is 14.9. The first-order valence-electron chi connectivity index (χ1n) is 8.78. The zero-order valence-electron chi connectivity index (χ0n) is 14.9. The molecule has 3 aromatic heterocycles. The van der Waals surface area contributed by atoms with E-state index in [-0.39, 0.29) is 5.91 Å². The number of H-pyrrole nitrogens is 1. The van der Waals surface area contributed by atoms with Gasteiger partial charge in [0.05, 0.1) is 5.56 Å². The van der Waals surface area contributed by atoms with E-state index in [1.807, 2.05) is 18.3 Å². The lowest BCUT2D eigenvalue weighted by molar-refractivity contribution is 0.0953. The molecule has 0 bridgehead atoms. The Morgan fingerprint density at radius 1 is 1.11 bits per heavy atom. The third-order valence-electron chi connectivity index (χ3n) is 4.52. The second-order valence-corrected chi connectivity index (χ2v) is 6.35. The number of hydrogen-bond acceptors (Lipinski definition) is 4. The number of pyridine rings is 1. The molecule has 0 unspecified atom stereocenters. The van der Waals surface area contributed by atoms with Crippen LogP contribution in [0.3, 0.4) is 0 Å². The van der Waals surface area contributed by atoms with Crippen molar-refractivity contribution in [2.75, 3.05) is 6.54 Å². The molecule has 1 amide bonds. The quantitative estimate of drug-likeness (QED) is 0.574. The van der Waals surface area contributed by atoms with Crippen LogP contribution in [0.5, 0.6) is 0 Å². The molecule has 4 aromatic rings. The van der Waals surface area contributed by atoms with Gasteiger partial charge < -0.3 is 10.3 Å². The van der Waals surface area contributed by atoms with Gasteiger partial charge in [-0.05, 0) is 36.6 Å². The summed E-state index contributed by atoms with van der Waals surface area (Å²) in [5.74, 6) is 0.373. The van der Waals surface area contributed by atoms with Gasteiger partial charge in [0.1, 0.15) is 0 Å². The zero-order chi connectivity index (χ0) is 18.6. The highest BCUT2D eigenvalue weighted by molar-refractivity contribution is 5.93. The van der Waals surface area contributed by atoms with Crippen molar-refractivity contribution < 1.29 is 4.79 Å². The summed E-state index contributed by atoms with van der Waals surface area (Å²) in [5.41, 5.74) is 4.82. The van der Waals surface area contributed by atoms with Crippen LogP contribution in [0.25, 0.3) is 22.3 Å². The second-order valence-electron chi connectivity index (χ2n) is 6.35. The standard InChI is InChI=1S/C21H19N5O/c1-14-4-2-6-18-15(11-24-19(14)18)7-9-23-21(27)17-12-25-20(26-13-17)16-5-3-8-22-10-16/h2-6,8,10-13,24H,7,9H2,1H3,(H,23,27). The largest absolute Gasteiger partial charge is 0.361 e. The van der Waals surface area contributed by atoms with E-state index in [9.17, 15) is 4.79 Å². The highest BCUT2D eigenvalue weighted by Gasteiger charge is 2.09. The van der Waals surface area contributed by atoms with Crippen molar-refractivity contribution in [3.05, 3.63) is 78.0 Å². The molecule has 3 heterocycles. The average molecular weight is 357 g/mol. The van der Waals surface area contributed by atoms with Crippen LogP contribution in [0.4, 0.5) is 0 Å². The molecule has 0 spiro atoms. The van der Waals surface area contributed by atoms with Crippen molar-refractivity contribution in [2.45, 2.75) is 13.3 Å². The molecule has 0 saturated heterocycles. The molecule has 6 nitrogen and oxygen atoms in total. The van der Waals surface area contributed by atoms with Gasteiger partial charge in [-0.25, -0.2) is 9.97 Å². The number of nitrogens with zero attached hydrogens (tertiary/aromatic N) is 3. The Hall–Kier alpha value is -3.54. The number of fused-ring (bicyclic) bond motifs is 1. The third-order valence-corrected chi connectivity index (χ3v) is 4.52. The molecule has 0 aliphatic heterocycles. The molecule has 0 atom stereocenters. The highest BCUT2D eigenvalue weighted by Crippen LogP contribution is 2.21. The molecular formula is C21H19N5O. The number of carbonyl (C=O) groups is 1. The Balaban J connectivity index is 1.38. The van der Waals surface area contributed by atoms with E-state index < -0.39 is 0 Å². The summed E-state index contributed by atoms with van der Waals surface area (Å²) in [6.45, 7) is 2.63. The smallest absolute Gasteiger partial charge is 0.254 e. The maximum absolute atomic E-state index is 12.3. The fraction of sp³-hybridized carbons (Fsp3) is 0.143. The summed E-state index contributed by atoms with van der Waals surface area (Å²) in [4.78, 5) is 28.2. The Labute approximate surface area is 156 Å². The molecule has 0 radical (unpaired) electrons. The first-order valence-corrected chi connectivity index (χ1v) is 8.78. The minimum absolute atomic E-state index is 0.177. The van der Waals surface area contributed by atoms with Gasteiger partial charge >= 0.3 is 0 Å². The summed E-state index contributed by atoms with van der Waals surface area (Å²) in [6.07, 6.45) is 9.23. The molecule has 1 aromatic carbocycles. The number of carbonyl (C=O) groups excluding carboxylic acids is 1. The highest BCUT2D eigenvalue weighted by atomic mass is 16.1. The lowest BCUT2D eigenvalue weighted by Gasteiger charge is -2.05. The van der Waals surface area contributed by atoms with Crippen LogP contribution in [0.15, 0.2) is 61.3 Å². The molecule has 0 fully saturated rings. The van der Waals surface area contributed by atoms with Crippen LogP contribution >= 0.6 is 0 Å². The maximum atomic E-state index is 12.3. The summed E-state index contributed by atoms with van der Waals surface area (Å²) in [6, 6.07) is 9.94. The van der Waals surface area contributed by atoms with Gasteiger partial charge in [0.25, 0.3) is 5.91 Å². The van der Waals surface area contributed by atoms with Gasteiger partial charge in [-0.2, -0.15) is 0 Å². The maximum Gasteiger partial charge on any atom is 0.254 e. The Kier molecular flexibility index (Phi) is 4.61. The number of amides is 1. The van der Waals surface area contributed by atoms with Crippen molar-refractivity contribution in [1.82, 2.24) is 25.3 Å². The van der Waals surface area contributed by atoms with Crippen molar-refractivity contribution in [1.29, 1.82) is 0 Å². The summed E-state index contributed by atoms with van der Waals surface area (Å²) < 4.78 is 0. The van der Waals surface area contributed by atoms with E-state index >= 15 is 0 Å². The number of aromatic nitrogens is 4. The lowest BCUT2D eigenvalue weighted by Crippen LogP contribution is -2.26. The van der Waals surface area contributed by atoms with Crippen molar-refractivity contribution in [3.8, 4) is 11.4 Å². The van der Waals surface area contributed by atoms with Gasteiger partial charge in [-0.15, -0.1) is 0 Å². The number of para-hydroxylation sites is 1. The number of aryl methyl sites for hydroxylation is 1. The van der Waals surface area contributed by atoms with Gasteiger partial charge in [0.2, 0.25) is 0 Å². The van der Waals surface area contributed by atoms with Crippen LogP contribution in [0.2, 0.25) is 0 Å². The monoisotopic (exact) mass is 357 g/mol. The molecule has 27 heavy (non-hydrogen) atoms. The lowest BCUT2D eigenvalue weighted by atomic mass is 10.1. The minimum atomic E-state index is -0.177. The fourth-order valence-corrected chi connectivity index (χ4v) is 3.07. The van der Waals surface area contributed by atoms with E-state index in [0.717, 1.165) is 17.5 Å². The van der Waals surface area contributed by atoms with Crippen LogP contribution in [0, 0.1) is 6.92 Å².